The van der Waals surface area contributed by atoms with E-state index in [2.05, 4.69) is 15.5 Å². The maximum atomic E-state index is 10.2. The van der Waals surface area contributed by atoms with Crippen molar-refractivity contribution in [2.45, 2.75) is 43.2 Å². The van der Waals surface area contributed by atoms with Crippen molar-refractivity contribution in [3.05, 3.63) is 24.2 Å². The van der Waals surface area contributed by atoms with E-state index < -0.39 is 5.60 Å². The minimum Gasteiger partial charge on any atom is -0.467 e. The molecule has 0 bridgehead atoms. The zero-order valence-corrected chi connectivity index (χ0v) is 13.3. The summed E-state index contributed by atoms with van der Waals surface area (Å²) in [6.07, 6.45) is 3.15. The molecule has 0 amide bonds. The summed E-state index contributed by atoms with van der Waals surface area (Å²) in [5, 5.41) is 22.4. The number of hydrogen-bond donors (Lipinski definition) is 2. The first kappa shape index (κ1) is 15.3. The van der Waals surface area contributed by atoms with Crippen LogP contribution in [0.4, 0.5) is 5.13 Å². The van der Waals surface area contributed by atoms with Crippen molar-refractivity contribution in [1.29, 1.82) is 0 Å². The highest BCUT2D eigenvalue weighted by molar-refractivity contribution is 8.01. The summed E-state index contributed by atoms with van der Waals surface area (Å²) in [4.78, 5) is 0. The van der Waals surface area contributed by atoms with Gasteiger partial charge in [0.25, 0.3) is 0 Å². The molecule has 0 saturated heterocycles. The van der Waals surface area contributed by atoms with Crippen LogP contribution in [0.3, 0.4) is 0 Å². The molecule has 20 heavy (non-hydrogen) atoms. The predicted octanol–water partition coefficient (Wildman–Crippen LogP) is 3.39. The summed E-state index contributed by atoms with van der Waals surface area (Å²) < 4.78 is 6.11. The zero-order chi connectivity index (χ0) is 14.4. The van der Waals surface area contributed by atoms with Gasteiger partial charge in [0.1, 0.15) is 5.76 Å². The molecular weight excluding hydrogens is 294 g/mol. The summed E-state index contributed by atoms with van der Waals surface area (Å²) in [7, 11) is 0. The van der Waals surface area contributed by atoms with Crippen LogP contribution in [0.2, 0.25) is 0 Å². The van der Waals surface area contributed by atoms with Gasteiger partial charge >= 0.3 is 0 Å². The number of rotatable bonds is 8. The highest BCUT2D eigenvalue weighted by atomic mass is 32.2. The second kappa shape index (κ2) is 7.10. The minimum atomic E-state index is -0.613. The Bertz CT molecular complexity index is 509. The highest BCUT2D eigenvalue weighted by Crippen LogP contribution is 2.30. The molecule has 5 nitrogen and oxygen atoms in total. The third-order valence-electron chi connectivity index (χ3n) is 3.18. The average molecular weight is 313 g/mol. The predicted molar refractivity (Wildman–Crippen MR) is 82.2 cm³/mol. The lowest BCUT2D eigenvalue weighted by molar-refractivity contribution is 0.0572. The smallest absolute Gasteiger partial charge is 0.206 e. The van der Waals surface area contributed by atoms with Gasteiger partial charge in [-0.2, -0.15) is 0 Å². The van der Waals surface area contributed by atoms with Crippen molar-refractivity contribution in [2.75, 3.05) is 11.1 Å². The molecule has 0 radical (unpaired) electrons. The molecule has 2 aromatic rings. The Morgan fingerprint density at radius 3 is 2.85 bits per heavy atom. The monoisotopic (exact) mass is 313 g/mol. The van der Waals surface area contributed by atoms with E-state index in [-0.39, 0.29) is 0 Å². The van der Waals surface area contributed by atoms with Gasteiger partial charge in [0.15, 0.2) is 4.34 Å². The molecule has 0 saturated carbocycles. The van der Waals surface area contributed by atoms with Crippen molar-refractivity contribution in [2.24, 2.45) is 0 Å². The molecule has 110 valence electrons. The molecule has 2 aromatic heterocycles. The van der Waals surface area contributed by atoms with Crippen LogP contribution in [0.5, 0.6) is 0 Å². The van der Waals surface area contributed by atoms with Gasteiger partial charge in [0.2, 0.25) is 5.13 Å². The van der Waals surface area contributed by atoms with Crippen LogP contribution in [0.25, 0.3) is 0 Å². The Balaban J connectivity index is 1.83. The molecule has 2 N–H and O–H groups in total. The molecule has 0 aromatic carbocycles. The minimum absolute atomic E-state index is 0.597. The van der Waals surface area contributed by atoms with E-state index in [4.69, 9.17) is 4.42 Å². The first-order valence-electron chi connectivity index (χ1n) is 6.60. The van der Waals surface area contributed by atoms with Crippen molar-refractivity contribution < 1.29 is 9.52 Å². The zero-order valence-electron chi connectivity index (χ0n) is 11.6. The molecule has 0 fully saturated rings. The van der Waals surface area contributed by atoms with Gasteiger partial charge in [0.05, 0.1) is 18.4 Å². The lowest BCUT2D eigenvalue weighted by atomic mass is 10.0. The SMILES string of the molecule is CCC(O)(CC)CSc1nnc(NCc2ccco2)s1. The number of aromatic nitrogens is 2. The van der Waals surface area contributed by atoms with Gasteiger partial charge in [-0.15, -0.1) is 10.2 Å². The molecule has 2 heterocycles. The lowest BCUT2D eigenvalue weighted by Crippen LogP contribution is -2.29. The number of aliphatic hydroxyl groups is 1. The lowest BCUT2D eigenvalue weighted by Gasteiger charge is -2.23. The van der Waals surface area contributed by atoms with Crippen LogP contribution >= 0.6 is 23.1 Å². The summed E-state index contributed by atoms with van der Waals surface area (Å²) in [5.41, 5.74) is -0.613. The van der Waals surface area contributed by atoms with Crippen LogP contribution < -0.4 is 5.32 Å². The van der Waals surface area contributed by atoms with Crippen molar-refractivity contribution >= 4 is 28.2 Å². The Kier molecular flexibility index (Phi) is 5.45. The van der Waals surface area contributed by atoms with E-state index in [1.807, 2.05) is 26.0 Å². The van der Waals surface area contributed by atoms with Gasteiger partial charge in [-0.3, -0.25) is 0 Å². The van der Waals surface area contributed by atoms with Crippen LogP contribution in [0, 0.1) is 0 Å². The second-order valence-corrected chi connectivity index (χ2v) is 6.73. The third-order valence-corrected chi connectivity index (χ3v) is 5.47. The number of furan rings is 1. The molecule has 2 rings (SSSR count). The number of thioether (sulfide) groups is 1. The van der Waals surface area contributed by atoms with Crippen molar-refractivity contribution in [3.8, 4) is 0 Å². The maximum Gasteiger partial charge on any atom is 0.206 e. The quantitative estimate of drug-likeness (QED) is 0.728. The maximum absolute atomic E-state index is 10.2. The van der Waals surface area contributed by atoms with E-state index in [1.165, 1.54) is 11.3 Å². The van der Waals surface area contributed by atoms with E-state index in [1.54, 1.807) is 18.0 Å². The van der Waals surface area contributed by atoms with E-state index >= 15 is 0 Å². The molecule has 7 heteroatoms. The first-order valence-corrected chi connectivity index (χ1v) is 8.40. The molecule has 0 aliphatic heterocycles. The second-order valence-electron chi connectivity index (χ2n) is 4.53. The number of nitrogens with one attached hydrogen (secondary N) is 1. The number of anilines is 1. The normalized spacial score (nSPS) is 11.8. The third kappa shape index (κ3) is 4.22. The van der Waals surface area contributed by atoms with Gasteiger partial charge < -0.3 is 14.8 Å². The summed E-state index contributed by atoms with van der Waals surface area (Å²) in [6.45, 7) is 4.60. The van der Waals surface area contributed by atoms with Gasteiger partial charge in [-0.1, -0.05) is 36.9 Å². The summed E-state index contributed by atoms with van der Waals surface area (Å²) >= 11 is 3.05. The average Bonchev–Trinajstić information content (AvgIpc) is 3.14. The standard InChI is InChI=1S/C13H19N3O2S2/c1-3-13(17,4-2)9-19-12-16-15-11(20-12)14-8-10-6-5-7-18-10/h5-7,17H,3-4,8-9H2,1-2H3,(H,14,15). The van der Waals surface area contributed by atoms with Crippen LogP contribution in [0.1, 0.15) is 32.4 Å². The molecule has 0 atom stereocenters. The topological polar surface area (TPSA) is 71.2 Å². The molecular formula is C13H19N3O2S2. The molecule has 0 spiro atoms. The molecule has 0 aliphatic rings. The largest absolute Gasteiger partial charge is 0.467 e. The Morgan fingerprint density at radius 2 is 2.20 bits per heavy atom. The number of hydrogen-bond acceptors (Lipinski definition) is 7. The summed E-state index contributed by atoms with van der Waals surface area (Å²) in [6, 6.07) is 3.76. The van der Waals surface area contributed by atoms with E-state index in [0.29, 0.717) is 12.3 Å². The Hall–Kier alpha value is -1.05. The van der Waals surface area contributed by atoms with Crippen molar-refractivity contribution in [3.63, 3.8) is 0 Å². The fraction of sp³-hybridized carbons (Fsp3) is 0.538. The van der Waals surface area contributed by atoms with Crippen molar-refractivity contribution in [1.82, 2.24) is 10.2 Å². The summed E-state index contributed by atoms with van der Waals surface area (Å²) in [5.74, 6) is 1.51. The van der Waals surface area contributed by atoms with Gasteiger partial charge in [-0.25, -0.2) is 0 Å². The van der Waals surface area contributed by atoms with Crippen LogP contribution in [-0.2, 0) is 6.54 Å². The fourth-order valence-corrected chi connectivity index (χ4v) is 3.59. The Morgan fingerprint density at radius 1 is 1.40 bits per heavy atom. The Labute approximate surface area is 126 Å². The highest BCUT2D eigenvalue weighted by Gasteiger charge is 2.23. The fourth-order valence-electron chi connectivity index (χ4n) is 1.57. The van der Waals surface area contributed by atoms with Crippen LogP contribution in [0.15, 0.2) is 27.2 Å². The first-order chi connectivity index (χ1) is 9.65. The van der Waals surface area contributed by atoms with Crippen LogP contribution in [-0.4, -0.2) is 26.7 Å². The van der Waals surface area contributed by atoms with Gasteiger partial charge in [-0.05, 0) is 25.0 Å². The molecule has 0 unspecified atom stereocenters. The van der Waals surface area contributed by atoms with E-state index in [0.717, 1.165) is 28.1 Å². The number of nitrogens with zero attached hydrogens (tertiary/aromatic N) is 2. The van der Waals surface area contributed by atoms with E-state index in [9.17, 15) is 5.11 Å². The molecule has 0 aliphatic carbocycles. The van der Waals surface area contributed by atoms with Gasteiger partial charge in [0, 0.05) is 5.75 Å².